The number of ether oxygens (including phenoxy) is 1. The summed E-state index contributed by atoms with van der Waals surface area (Å²) in [5.74, 6) is 0. The number of aromatic nitrogens is 1. The molecule has 1 heterocycles. The topological polar surface area (TPSA) is 31.2 Å². The molecule has 82 valence electrons. The third kappa shape index (κ3) is 2.04. The quantitative estimate of drug-likeness (QED) is 0.784. The molecule has 0 saturated carbocycles. The number of rotatable bonds is 3. The first-order valence-electron chi connectivity index (χ1n) is 5.08. The van der Waals surface area contributed by atoms with Crippen LogP contribution in [0.3, 0.4) is 0 Å². The number of hydrogen-bond acceptors (Lipinski definition) is 2. The standard InChI is InChI=1S/C13H13NO2/c1-16-13(11-7-3-2-4-8-11)14-10-6-5-9-12(14)15/h2-10,13H,1H3. The van der Waals surface area contributed by atoms with E-state index in [0.717, 1.165) is 5.56 Å². The van der Waals surface area contributed by atoms with Crippen molar-refractivity contribution in [3.8, 4) is 0 Å². The average Bonchev–Trinajstić information content (AvgIpc) is 2.34. The van der Waals surface area contributed by atoms with E-state index >= 15 is 0 Å². The van der Waals surface area contributed by atoms with Gasteiger partial charge in [-0.3, -0.25) is 9.36 Å². The second-order valence-electron chi connectivity index (χ2n) is 3.44. The Hall–Kier alpha value is -1.87. The van der Waals surface area contributed by atoms with Crippen LogP contribution in [0.2, 0.25) is 0 Å². The lowest BCUT2D eigenvalue weighted by molar-refractivity contribution is 0.0756. The maximum absolute atomic E-state index is 11.7. The molecule has 3 heteroatoms. The fraction of sp³-hybridized carbons (Fsp3) is 0.154. The number of benzene rings is 1. The molecule has 16 heavy (non-hydrogen) atoms. The van der Waals surface area contributed by atoms with E-state index in [1.807, 2.05) is 36.4 Å². The van der Waals surface area contributed by atoms with Crippen LogP contribution in [-0.2, 0) is 4.74 Å². The van der Waals surface area contributed by atoms with Crippen molar-refractivity contribution in [2.24, 2.45) is 0 Å². The first kappa shape index (κ1) is 10.6. The van der Waals surface area contributed by atoms with Crippen LogP contribution in [0.15, 0.2) is 59.5 Å². The van der Waals surface area contributed by atoms with Crippen molar-refractivity contribution in [2.45, 2.75) is 6.23 Å². The van der Waals surface area contributed by atoms with Gasteiger partial charge >= 0.3 is 0 Å². The average molecular weight is 215 g/mol. The van der Waals surface area contributed by atoms with Gasteiger partial charge in [-0.05, 0) is 6.07 Å². The van der Waals surface area contributed by atoms with Crippen molar-refractivity contribution in [1.82, 2.24) is 4.57 Å². The van der Waals surface area contributed by atoms with E-state index < -0.39 is 0 Å². The molecule has 1 aromatic carbocycles. The first-order valence-corrected chi connectivity index (χ1v) is 5.08. The highest BCUT2D eigenvalue weighted by Crippen LogP contribution is 2.16. The normalized spacial score (nSPS) is 12.3. The number of pyridine rings is 1. The number of nitrogens with zero attached hydrogens (tertiary/aromatic N) is 1. The molecule has 3 nitrogen and oxygen atoms in total. The Morgan fingerprint density at radius 2 is 1.75 bits per heavy atom. The Balaban J connectivity index is 2.45. The SMILES string of the molecule is COC(c1ccccc1)n1ccccc1=O. The maximum Gasteiger partial charge on any atom is 0.252 e. The Labute approximate surface area is 93.9 Å². The van der Waals surface area contributed by atoms with E-state index in [9.17, 15) is 4.79 Å². The second kappa shape index (κ2) is 4.77. The second-order valence-corrected chi connectivity index (χ2v) is 3.44. The number of methoxy groups -OCH3 is 1. The summed E-state index contributed by atoms with van der Waals surface area (Å²) in [6, 6.07) is 14.7. The summed E-state index contributed by atoms with van der Waals surface area (Å²) in [6.07, 6.45) is 1.36. The van der Waals surface area contributed by atoms with Gasteiger partial charge in [0.05, 0.1) is 0 Å². The Morgan fingerprint density at radius 3 is 2.38 bits per heavy atom. The van der Waals surface area contributed by atoms with E-state index in [4.69, 9.17) is 4.74 Å². The van der Waals surface area contributed by atoms with Gasteiger partial charge in [-0.15, -0.1) is 0 Å². The third-order valence-electron chi connectivity index (χ3n) is 2.41. The minimum absolute atomic E-state index is 0.0711. The molecule has 0 fully saturated rings. The smallest absolute Gasteiger partial charge is 0.252 e. The molecule has 0 amide bonds. The summed E-state index contributed by atoms with van der Waals surface area (Å²) in [4.78, 5) is 11.7. The van der Waals surface area contributed by atoms with Crippen LogP contribution in [0.5, 0.6) is 0 Å². The van der Waals surface area contributed by atoms with E-state index in [0.29, 0.717) is 0 Å². The molecular formula is C13H13NO2. The van der Waals surface area contributed by atoms with Crippen LogP contribution >= 0.6 is 0 Å². The van der Waals surface area contributed by atoms with Crippen molar-refractivity contribution in [3.05, 3.63) is 70.6 Å². The third-order valence-corrected chi connectivity index (χ3v) is 2.41. The van der Waals surface area contributed by atoms with Crippen molar-refractivity contribution < 1.29 is 4.74 Å². The fourth-order valence-electron chi connectivity index (χ4n) is 1.66. The van der Waals surface area contributed by atoms with Gasteiger partial charge in [0, 0.05) is 24.9 Å². The zero-order valence-electron chi connectivity index (χ0n) is 9.04. The Morgan fingerprint density at radius 1 is 1.06 bits per heavy atom. The summed E-state index contributed by atoms with van der Waals surface area (Å²) in [5.41, 5.74) is 0.886. The van der Waals surface area contributed by atoms with Crippen molar-refractivity contribution in [1.29, 1.82) is 0 Å². The van der Waals surface area contributed by atoms with Gasteiger partial charge in [-0.25, -0.2) is 0 Å². The Bertz CT molecular complexity index is 505. The molecule has 0 saturated heterocycles. The van der Waals surface area contributed by atoms with Crippen LogP contribution in [0, 0.1) is 0 Å². The molecule has 0 aliphatic heterocycles. The van der Waals surface area contributed by atoms with Gasteiger partial charge in [0.2, 0.25) is 0 Å². The maximum atomic E-state index is 11.7. The molecule has 1 atom stereocenters. The highest BCUT2D eigenvalue weighted by molar-refractivity contribution is 5.18. The molecule has 0 radical (unpaired) electrons. The molecule has 0 aliphatic carbocycles. The predicted octanol–water partition coefficient (Wildman–Crippen LogP) is 2.04. The van der Waals surface area contributed by atoms with Crippen molar-refractivity contribution in [3.63, 3.8) is 0 Å². The predicted molar refractivity (Wildman–Crippen MR) is 62.3 cm³/mol. The van der Waals surface area contributed by atoms with Gasteiger partial charge in [0.1, 0.15) is 0 Å². The lowest BCUT2D eigenvalue weighted by Crippen LogP contribution is -2.25. The van der Waals surface area contributed by atoms with E-state index in [-0.39, 0.29) is 11.8 Å². The molecule has 1 unspecified atom stereocenters. The molecule has 0 bridgehead atoms. The summed E-state index contributed by atoms with van der Waals surface area (Å²) >= 11 is 0. The van der Waals surface area contributed by atoms with Crippen molar-refractivity contribution in [2.75, 3.05) is 7.11 Å². The zero-order chi connectivity index (χ0) is 11.4. The summed E-state index contributed by atoms with van der Waals surface area (Å²) in [5, 5.41) is 0. The highest BCUT2D eigenvalue weighted by Gasteiger charge is 2.12. The minimum atomic E-state index is -0.366. The Kier molecular flexibility index (Phi) is 3.17. The van der Waals surface area contributed by atoms with Crippen molar-refractivity contribution >= 4 is 0 Å². The van der Waals surface area contributed by atoms with Gasteiger partial charge in [-0.1, -0.05) is 36.4 Å². The summed E-state index contributed by atoms with van der Waals surface area (Å²) in [7, 11) is 1.59. The minimum Gasteiger partial charge on any atom is -0.357 e. The number of hydrogen-bond donors (Lipinski definition) is 0. The van der Waals surface area contributed by atoms with Crippen LogP contribution in [0.1, 0.15) is 11.8 Å². The first-order chi connectivity index (χ1) is 7.83. The van der Waals surface area contributed by atoms with Gasteiger partial charge < -0.3 is 4.74 Å². The van der Waals surface area contributed by atoms with Crippen LogP contribution in [-0.4, -0.2) is 11.7 Å². The molecule has 0 aliphatic rings. The van der Waals surface area contributed by atoms with E-state index in [1.165, 1.54) is 6.07 Å². The summed E-state index contributed by atoms with van der Waals surface area (Å²) in [6.45, 7) is 0. The van der Waals surface area contributed by atoms with Crippen LogP contribution in [0.4, 0.5) is 0 Å². The molecular weight excluding hydrogens is 202 g/mol. The van der Waals surface area contributed by atoms with Gasteiger partial charge in [-0.2, -0.15) is 0 Å². The molecule has 0 spiro atoms. The molecule has 0 N–H and O–H groups in total. The fourth-order valence-corrected chi connectivity index (χ4v) is 1.66. The highest BCUT2D eigenvalue weighted by atomic mass is 16.5. The zero-order valence-corrected chi connectivity index (χ0v) is 9.04. The largest absolute Gasteiger partial charge is 0.357 e. The van der Waals surface area contributed by atoms with Crippen LogP contribution < -0.4 is 5.56 Å². The van der Waals surface area contributed by atoms with Gasteiger partial charge in [0.15, 0.2) is 6.23 Å². The molecule has 2 aromatic rings. The lowest BCUT2D eigenvalue weighted by atomic mass is 10.2. The summed E-state index contributed by atoms with van der Waals surface area (Å²) < 4.78 is 6.93. The molecule has 2 rings (SSSR count). The lowest BCUT2D eigenvalue weighted by Gasteiger charge is -2.18. The van der Waals surface area contributed by atoms with E-state index in [2.05, 4.69) is 0 Å². The monoisotopic (exact) mass is 215 g/mol. The molecule has 1 aromatic heterocycles. The van der Waals surface area contributed by atoms with E-state index in [1.54, 1.807) is 23.9 Å². The van der Waals surface area contributed by atoms with Crippen LogP contribution in [0.25, 0.3) is 0 Å². The van der Waals surface area contributed by atoms with Gasteiger partial charge in [0.25, 0.3) is 5.56 Å².